The summed E-state index contributed by atoms with van der Waals surface area (Å²) < 4.78 is 5.37. The standard InChI is InChI=1S/C15H21ClO2/c1-3-4-5-6-8-12(2)18-15(17)13-9-7-10-14(16)11-13/h7,9-12H,3-6,8H2,1-2H3/t12-/m1/s1. The molecule has 0 unspecified atom stereocenters. The Kier molecular flexibility index (Phi) is 6.81. The fourth-order valence-electron chi connectivity index (χ4n) is 1.78. The number of esters is 1. The van der Waals surface area contributed by atoms with Crippen molar-refractivity contribution in [3.63, 3.8) is 0 Å². The summed E-state index contributed by atoms with van der Waals surface area (Å²) in [7, 11) is 0. The molecule has 0 saturated carbocycles. The molecule has 0 N–H and O–H groups in total. The van der Waals surface area contributed by atoms with Crippen LogP contribution in [0.2, 0.25) is 5.02 Å². The Morgan fingerprint density at radius 1 is 1.33 bits per heavy atom. The van der Waals surface area contributed by atoms with E-state index >= 15 is 0 Å². The highest BCUT2D eigenvalue weighted by atomic mass is 35.5. The maximum absolute atomic E-state index is 11.8. The quantitative estimate of drug-likeness (QED) is 0.522. The zero-order valence-electron chi connectivity index (χ0n) is 11.1. The van der Waals surface area contributed by atoms with Gasteiger partial charge in [-0.25, -0.2) is 4.79 Å². The Balaban J connectivity index is 2.35. The van der Waals surface area contributed by atoms with E-state index in [1.807, 2.05) is 6.92 Å². The fraction of sp³-hybridized carbons (Fsp3) is 0.533. The minimum atomic E-state index is -0.291. The third-order valence-electron chi connectivity index (χ3n) is 2.83. The first-order valence-corrected chi connectivity index (χ1v) is 6.97. The van der Waals surface area contributed by atoms with Crippen LogP contribution >= 0.6 is 11.6 Å². The minimum absolute atomic E-state index is 0.0339. The molecule has 1 rings (SSSR count). The highest BCUT2D eigenvalue weighted by Gasteiger charge is 2.11. The van der Waals surface area contributed by atoms with Crippen molar-refractivity contribution in [3.05, 3.63) is 34.9 Å². The lowest BCUT2D eigenvalue weighted by Gasteiger charge is -2.13. The number of ether oxygens (including phenoxy) is 1. The smallest absolute Gasteiger partial charge is 0.338 e. The second-order valence-electron chi connectivity index (χ2n) is 4.58. The number of rotatable bonds is 7. The molecule has 0 fully saturated rings. The summed E-state index contributed by atoms with van der Waals surface area (Å²) >= 11 is 5.84. The zero-order valence-corrected chi connectivity index (χ0v) is 11.9. The molecule has 1 atom stereocenters. The highest BCUT2D eigenvalue weighted by Crippen LogP contribution is 2.14. The number of hydrogen-bond donors (Lipinski definition) is 0. The molecule has 1 aromatic carbocycles. The summed E-state index contributed by atoms with van der Waals surface area (Å²) in [6.45, 7) is 4.12. The molecule has 0 aromatic heterocycles. The summed E-state index contributed by atoms with van der Waals surface area (Å²) in [6.07, 6.45) is 5.67. The van der Waals surface area contributed by atoms with Crippen LogP contribution in [-0.2, 0) is 4.74 Å². The maximum Gasteiger partial charge on any atom is 0.338 e. The van der Waals surface area contributed by atoms with E-state index in [1.54, 1.807) is 24.3 Å². The highest BCUT2D eigenvalue weighted by molar-refractivity contribution is 6.30. The molecule has 0 radical (unpaired) electrons. The van der Waals surface area contributed by atoms with Gasteiger partial charge < -0.3 is 4.74 Å². The normalized spacial score (nSPS) is 12.2. The molecule has 18 heavy (non-hydrogen) atoms. The van der Waals surface area contributed by atoms with Crippen LogP contribution in [0.15, 0.2) is 24.3 Å². The van der Waals surface area contributed by atoms with Gasteiger partial charge in [-0.3, -0.25) is 0 Å². The second kappa shape index (κ2) is 8.15. The monoisotopic (exact) mass is 268 g/mol. The van der Waals surface area contributed by atoms with E-state index in [0.29, 0.717) is 10.6 Å². The minimum Gasteiger partial charge on any atom is -0.459 e. The third kappa shape index (κ3) is 5.54. The Hall–Kier alpha value is -1.02. The summed E-state index contributed by atoms with van der Waals surface area (Å²) in [5.74, 6) is -0.291. The van der Waals surface area contributed by atoms with Crippen LogP contribution in [0.4, 0.5) is 0 Å². The van der Waals surface area contributed by atoms with Crippen molar-refractivity contribution in [2.45, 2.75) is 52.1 Å². The molecule has 3 heteroatoms. The average Bonchev–Trinajstić information content (AvgIpc) is 2.34. The number of halogens is 1. The summed E-state index contributed by atoms with van der Waals surface area (Å²) in [5.41, 5.74) is 0.517. The van der Waals surface area contributed by atoms with Gasteiger partial charge in [0.1, 0.15) is 0 Å². The maximum atomic E-state index is 11.8. The van der Waals surface area contributed by atoms with Crippen molar-refractivity contribution in [1.82, 2.24) is 0 Å². The molecule has 1 aromatic rings. The average molecular weight is 269 g/mol. The lowest BCUT2D eigenvalue weighted by Crippen LogP contribution is -2.15. The van der Waals surface area contributed by atoms with Gasteiger partial charge in [0.15, 0.2) is 0 Å². The van der Waals surface area contributed by atoms with E-state index in [9.17, 15) is 4.79 Å². The van der Waals surface area contributed by atoms with Crippen molar-refractivity contribution < 1.29 is 9.53 Å². The predicted octanol–water partition coefficient (Wildman–Crippen LogP) is 4.86. The summed E-state index contributed by atoms with van der Waals surface area (Å²) in [6, 6.07) is 6.85. The van der Waals surface area contributed by atoms with Crippen molar-refractivity contribution >= 4 is 17.6 Å². The van der Waals surface area contributed by atoms with E-state index < -0.39 is 0 Å². The molecule has 0 heterocycles. The Labute approximate surface area is 114 Å². The Bertz CT molecular complexity index is 377. The van der Waals surface area contributed by atoms with Crippen LogP contribution in [-0.4, -0.2) is 12.1 Å². The molecular formula is C15H21ClO2. The summed E-state index contributed by atoms with van der Waals surface area (Å²) in [4.78, 5) is 11.8. The molecular weight excluding hydrogens is 248 g/mol. The van der Waals surface area contributed by atoms with Gasteiger partial charge in [-0.2, -0.15) is 0 Å². The molecule has 100 valence electrons. The van der Waals surface area contributed by atoms with Crippen LogP contribution in [0.3, 0.4) is 0 Å². The van der Waals surface area contributed by atoms with Crippen LogP contribution < -0.4 is 0 Å². The predicted molar refractivity (Wildman–Crippen MR) is 75.1 cm³/mol. The van der Waals surface area contributed by atoms with Crippen molar-refractivity contribution in [2.75, 3.05) is 0 Å². The largest absolute Gasteiger partial charge is 0.459 e. The number of benzene rings is 1. The van der Waals surface area contributed by atoms with E-state index in [4.69, 9.17) is 16.3 Å². The third-order valence-corrected chi connectivity index (χ3v) is 3.07. The molecule has 0 spiro atoms. The Morgan fingerprint density at radius 2 is 2.11 bits per heavy atom. The molecule has 0 aliphatic rings. The molecule has 0 amide bonds. The fourth-order valence-corrected chi connectivity index (χ4v) is 1.97. The van der Waals surface area contributed by atoms with Gasteiger partial charge >= 0.3 is 5.97 Å². The SMILES string of the molecule is CCCCCC[C@@H](C)OC(=O)c1cccc(Cl)c1. The van der Waals surface area contributed by atoms with E-state index in [0.717, 1.165) is 12.8 Å². The zero-order chi connectivity index (χ0) is 13.4. The van der Waals surface area contributed by atoms with Gasteiger partial charge in [-0.05, 0) is 38.0 Å². The van der Waals surface area contributed by atoms with E-state index in [1.165, 1.54) is 19.3 Å². The molecule has 2 nitrogen and oxygen atoms in total. The van der Waals surface area contributed by atoms with Crippen molar-refractivity contribution in [2.24, 2.45) is 0 Å². The number of hydrogen-bond acceptors (Lipinski definition) is 2. The molecule has 0 bridgehead atoms. The lowest BCUT2D eigenvalue weighted by molar-refractivity contribution is 0.0319. The van der Waals surface area contributed by atoms with E-state index in [2.05, 4.69) is 6.92 Å². The van der Waals surface area contributed by atoms with Gasteiger partial charge in [0.2, 0.25) is 0 Å². The van der Waals surface area contributed by atoms with Gasteiger partial charge in [0.05, 0.1) is 11.7 Å². The van der Waals surface area contributed by atoms with Crippen LogP contribution in [0.5, 0.6) is 0 Å². The van der Waals surface area contributed by atoms with Gasteiger partial charge in [-0.15, -0.1) is 0 Å². The molecule has 0 aliphatic heterocycles. The van der Waals surface area contributed by atoms with E-state index in [-0.39, 0.29) is 12.1 Å². The number of carbonyl (C=O) groups is 1. The number of carbonyl (C=O) groups excluding carboxylic acids is 1. The first kappa shape index (κ1) is 15.0. The van der Waals surface area contributed by atoms with Crippen molar-refractivity contribution in [1.29, 1.82) is 0 Å². The summed E-state index contributed by atoms with van der Waals surface area (Å²) in [5, 5.41) is 0.556. The van der Waals surface area contributed by atoms with Crippen molar-refractivity contribution in [3.8, 4) is 0 Å². The number of unbranched alkanes of at least 4 members (excludes halogenated alkanes) is 3. The Morgan fingerprint density at radius 3 is 2.78 bits per heavy atom. The van der Waals surface area contributed by atoms with Crippen LogP contribution in [0, 0.1) is 0 Å². The first-order chi connectivity index (χ1) is 8.63. The van der Waals surface area contributed by atoms with Gasteiger partial charge in [-0.1, -0.05) is 43.9 Å². The van der Waals surface area contributed by atoms with Gasteiger partial charge in [0.25, 0.3) is 0 Å². The second-order valence-corrected chi connectivity index (χ2v) is 5.01. The van der Waals surface area contributed by atoms with Crippen LogP contribution in [0.25, 0.3) is 0 Å². The molecule has 0 aliphatic carbocycles. The van der Waals surface area contributed by atoms with Gasteiger partial charge in [0, 0.05) is 5.02 Å². The van der Waals surface area contributed by atoms with Crippen LogP contribution in [0.1, 0.15) is 56.3 Å². The first-order valence-electron chi connectivity index (χ1n) is 6.60. The molecule has 0 saturated heterocycles. The lowest BCUT2D eigenvalue weighted by atomic mass is 10.1. The topological polar surface area (TPSA) is 26.3 Å².